The second-order valence-electron chi connectivity index (χ2n) is 7.82. The van der Waals surface area contributed by atoms with Crippen LogP contribution in [-0.2, 0) is 21.5 Å². The largest absolute Gasteiger partial charge is 0.341 e. The van der Waals surface area contributed by atoms with Gasteiger partial charge in [-0.3, -0.25) is 14.5 Å². The quantitative estimate of drug-likeness (QED) is 0.825. The maximum absolute atomic E-state index is 13.2. The fraction of sp³-hybridized carbons (Fsp3) is 0.550. The molecule has 1 aliphatic carbocycles. The molecule has 0 radical (unpaired) electrons. The number of fused-ring (bicyclic) bond motifs is 2. The summed E-state index contributed by atoms with van der Waals surface area (Å²) in [6, 6.07) is 7.33. The molecule has 1 spiro atoms. The minimum atomic E-state index is -0.999. The number of urea groups is 1. The number of likely N-dealkylation sites (tertiary alicyclic amines) is 1. The standard InChI is InChI=1S/C20H25N3O3/c1-14-6-5-11-22(12-14)17(24)13-23-18(25)20(21-19(23)26)10-4-8-15-7-2-3-9-16(15)20/h2-3,7,9,14H,4-6,8,10-13H2,1H3,(H,21,26)/t14-,20-/m1/s1. The second-order valence-corrected chi connectivity index (χ2v) is 7.82. The Hall–Kier alpha value is -2.37. The Morgan fingerprint density at radius 3 is 2.88 bits per heavy atom. The van der Waals surface area contributed by atoms with Gasteiger partial charge >= 0.3 is 6.03 Å². The molecule has 4 rings (SSSR count). The van der Waals surface area contributed by atoms with Gasteiger partial charge in [0.25, 0.3) is 5.91 Å². The van der Waals surface area contributed by atoms with E-state index in [0.717, 1.165) is 41.7 Å². The van der Waals surface area contributed by atoms with Crippen LogP contribution in [0.2, 0.25) is 0 Å². The molecule has 2 fully saturated rings. The number of aryl methyl sites for hydroxylation is 1. The zero-order valence-corrected chi connectivity index (χ0v) is 15.2. The summed E-state index contributed by atoms with van der Waals surface area (Å²) in [7, 11) is 0. The molecule has 0 saturated carbocycles. The lowest BCUT2D eigenvalue weighted by Crippen LogP contribution is -2.48. The lowest BCUT2D eigenvalue weighted by molar-refractivity contribution is -0.140. The Kier molecular flexibility index (Phi) is 4.21. The van der Waals surface area contributed by atoms with E-state index in [9.17, 15) is 14.4 Å². The second kappa shape index (κ2) is 6.41. The van der Waals surface area contributed by atoms with Crippen LogP contribution < -0.4 is 5.32 Å². The van der Waals surface area contributed by atoms with Crippen molar-refractivity contribution in [1.82, 2.24) is 15.1 Å². The number of carbonyl (C=O) groups is 3. The first-order valence-electron chi connectivity index (χ1n) is 9.51. The van der Waals surface area contributed by atoms with Crippen LogP contribution in [0.1, 0.15) is 43.7 Å². The van der Waals surface area contributed by atoms with Crippen molar-refractivity contribution in [2.45, 2.75) is 44.6 Å². The predicted octanol–water partition coefficient (Wildman–Crippen LogP) is 2.03. The van der Waals surface area contributed by atoms with E-state index in [1.807, 2.05) is 24.3 Å². The minimum absolute atomic E-state index is 0.138. The number of rotatable bonds is 2. The highest BCUT2D eigenvalue weighted by Gasteiger charge is 2.54. The highest BCUT2D eigenvalue weighted by molar-refractivity contribution is 6.09. The third kappa shape index (κ3) is 2.68. The van der Waals surface area contributed by atoms with Crippen LogP contribution in [-0.4, -0.2) is 47.3 Å². The van der Waals surface area contributed by atoms with Gasteiger partial charge in [0.1, 0.15) is 12.1 Å². The number of carbonyl (C=O) groups excluding carboxylic acids is 3. The van der Waals surface area contributed by atoms with Gasteiger partial charge in [-0.05, 0) is 49.1 Å². The molecule has 0 unspecified atom stereocenters. The fourth-order valence-corrected chi connectivity index (χ4v) is 4.61. The van der Waals surface area contributed by atoms with Gasteiger partial charge < -0.3 is 10.2 Å². The van der Waals surface area contributed by atoms with Crippen LogP contribution in [0, 0.1) is 5.92 Å². The maximum Gasteiger partial charge on any atom is 0.325 e. The maximum atomic E-state index is 13.2. The molecule has 4 amide bonds. The van der Waals surface area contributed by atoms with E-state index in [4.69, 9.17) is 0 Å². The number of nitrogens with zero attached hydrogens (tertiary/aromatic N) is 2. The van der Waals surface area contributed by atoms with Gasteiger partial charge in [0.2, 0.25) is 5.91 Å². The van der Waals surface area contributed by atoms with E-state index < -0.39 is 11.6 Å². The smallest absolute Gasteiger partial charge is 0.325 e. The molecule has 1 aromatic carbocycles. The van der Waals surface area contributed by atoms with Gasteiger partial charge in [-0.2, -0.15) is 0 Å². The van der Waals surface area contributed by atoms with Crippen LogP contribution in [0.4, 0.5) is 4.79 Å². The van der Waals surface area contributed by atoms with Crippen molar-refractivity contribution in [2.75, 3.05) is 19.6 Å². The van der Waals surface area contributed by atoms with Crippen molar-refractivity contribution in [2.24, 2.45) is 5.92 Å². The number of amides is 4. The van der Waals surface area contributed by atoms with Crippen molar-refractivity contribution in [3.63, 3.8) is 0 Å². The molecule has 1 N–H and O–H groups in total. The van der Waals surface area contributed by atoms with E-state index in [-0.39, 0.29) is 18.4 Å². The Balaban J connectivity index is 1.56. The van der Waals surface area contributed by atoms with E-state index in [1.165, 1.54) is 0 Å². The Morgan fingerprint density at radius 2 is 2.08 bits per heavy atom. The first kappa shape index (κ1) is 17.1. The van der Waals surface area contributed by atoms with Gasteiger partial charge in [-0.1, -0.05) is 31.2 Å². The summed E-state index contributed by atoms with van der Waals surface area (Å²) in [4.78, 5) is 41.3. The highest BCUT2D eigenvalue weighted by atomic mass is 16.2. The summed E-state index contributed by atoms with van der Waals surface area (Å²) in [5, 5.41) is 2.91. The molecular formula is C20H25N3O3. The SMILES string of the molecule is C[C@@H]1CCCN(C(=O)CN2C(=O)N[C@@]3(CCCc4ccccc43)C2=O)C1. The summed E-state index contributed by atoms with van der Waals surface area (Å²) in [6.07, 6.45) is 4.43. The van der Waals surface area contributed by atoms with Crippen molar-refractivity contribution in [3.8, 4) is 0 Å². The Morgan fingerprint density at radius 1 is 1.27 bits per heavy atom. The average molecular weight is 355 g/mol. The van der Waals surface area contributed by atoms with E-state index in [1.54, 1.807) is 4.90 Å². The van der Waals surface area contributed by atoms with E-state index >= 15 is 0 Å². The summed E-state index contributed by atoms with van der Waals surface area (Å²) >= 11 is 0. The van der Waals surface area contributed by atoms with E-state index in [0.29, 0.717) is 25.4 Å². The molecule has 1 aromatic rings. The molecule has 0 bridgehead atoms. The molecule has 6 heteroatoms. The molecular weight excluding hydrogens is 330 g/mol. The van der Waals surface area contributed by atoms with Crippen molar-refractivity contribution < 1.29 is 14.4 Å². The van der Waals surface area contributed by atoms with Crippen LogP contribution >= 0.6 is 0 Å². The van der Waals surface area contributed by atoms with E-state index in [2.05, 4.69) is 12.2 Å². The van der Waals surface area contributed by atoms with Gasteiger partial charge in [0, 0.05) is 13.1 Å². The summed E-state index contributed by atoms with van der Waals surface area (Å²) in [5.74, 6) is 0.0432. The van der Waals surface area contributed by atoms with Crippen LogP contribution in [0.5, 0.6) is 0 Å². The number of nitrogens with one attached hydrogen (secondary N) is 1. The molecule has 0 aromatic heterocycles. The first-order valence-corrected chi connectivity index (χ1v) is 9.51. The molecule has 6 nitrogen and oxygen atoms in total. The minimum Gasteiger partial charge on any atom is -0.341 e. The van der Waals surface area contributed by atoms with Gasteiger partial charge in [-0.25, -0.2) is 4.79 Å². The molecule has 2 atom stereocenters. The van der Waals surface area contributed by atoms with Gasteiger partial charge in [0.05, 0.1) is 0 Å². The Bertz CT molecular complexity index is 762. The lowest BCUT2D eigenvalue weighted by atomic mass is 9.76. The molecule has 26 heavy (non-hydrogen) atoms. The first-order chi connectivity index (χ1) is 12.5. The molecule has 2 aliphatic heterocycles. The highest BCUT2D eigenvalue weighted by Crippen LogP contribution is 2.39. The third-order valence-electron chi connectivity index (χ3n) is 5.95. The predicted molar refractivity (Wildman–Crippen MR) is 96.3 cm³/mol. The monoisotopic (exact) mass is 355 g/mol. The molecule has 2 saturated heterocycles. The number of benzene rings is 1. The van der Waals surface area contributed by atoms with Crippen LogP contribution in [0.25, 0.3) is 0 Å². The summed E-state index contributed by atoms with van der Waals surface area (Å²) < 4.78 is 0. The van der Waals surface area contributed by atoms with Crippen molar-refractivity contribution in [1.29, 1.82) is 0 Å². The molecule has 3 aliphatic rings. The van der Waals surface area contributed by atoms with Crippen LogP contribution in [0.15, 0.2) is 24.3 Å². The third-order valence-corrected chi connectivity index (χ3v) is 5.95. The fourth-order valence-electron chi connectivity index (χ4n) is 4.61. The van der Waals surface area contributed by atoms with Crippen molar-refractivity contribution >= 4 is 17.8 Å². The number of hydrogen-bond acceptors (Lipinski definition) is 3. The Labute approximate surface area is 153 Å². The average Bonchev–Trinajstić information content (AvgIpc) is 2.87. The zero-order chi connectivity index (χ0) is 18.3. The molecule has 2 heterocycles. The summed E-state index contributed by atoms with van der Waals surface area (Å²) in [5.41, 5.74) is 0.984. The number of hydrogen-bond donors (Lipinski definition) is 1. The lowest BCUT2D eigenvalue weighted by Gasteiger charge is -2.34. The molecule has 138 valence electrons. The van der Waals surface area contributed by atoms with Crippen LogP contribution in [0.3, 0.4) is 0 Å². The number of imide groups is 1. The zero-order valence-electron chi connectivity index (χ0n) is 15.2. The van der Waals surface area contributed by atoms with Gasteiger partial charge in [-0.15, -0.1) is 0 Å². The number of piperidine rings is 1. The topological polar surface area (TPSA) is 69.7 Å². The van der Waals surface area contributed by atoms with Gasteiger partial charge in [0.15, 0.2) is 0 Å². The van der Waals surface area contributed by atoms with Crippen molar-refractivity contribution in [3.05, 3.63) is 35.4 Å². The normalized spacial score (nSPS) is 28.3. The summed E-state index contributed by atoms with van der Waals surface area (Å²) in [6.45, 7) is 3.37.